The molecule has 0 aliphatic heterocycles. The summed E-state index contributed by atoms with van der Waals surface area (Å²) in [7, 11) is 1.25. The molecule has 0 bridgehead atoms. The van der Waals surface area contributed by atoms with Gasteiger partial charge >= 0.3 is 18.1 Å². The highest BCUT2D eigenvalue weighted by atomic mass is 19.4. The number of hydrogen-bond donors (Lipinski definition) is 0. The Morgan fingerprint density at radius 2 is 1.91 bits per heavy atom. The number of ketones is 2. The van der Waals surface area contributed by atoms with Crippen LogP contribution in [0, 0.1) is 29.1 Å². The third-order valence-electron chi connectivity index (χ3n) is 8.10. The molecule has 3 aliphatic carbocycles. The Morgan fingerprint density at radius 3 is 2.50 bits per heavy atom. The maximum Gasteiger partial charge on any atom is 0.449 e. The van der Waals surface area contributed by atoms with Crippen molar-refractivity contribution < 1.29 is 46.2 Å². The predicted molar refractivity (Wildman–Crippen MR) is 109 cm³/mol. The van der Waals surface area contributed by atoms with E-state index in [0.717, 1.165) is 12.3 Å². The van der Waals surface area contributed by atoms with Gasteiger partial charge in [-0.3, -0.25) is 19.2 Å². The number of ether oxygens (including phenoxy) is 2. The minimum atomic E-state index is -4.65. The number of halogens is 3. The van der Waals surface area contributed by atoms with Crippen LogP contribution in [0.4, 0.5) is 13.2 Å². The fourth-order valence-corrected chi connectivity index (χ4v) is 6.57. The third-order valence-corrected chi connectivity index (χ3v) is 8.10. The number of carbonyl (C=O) groups is 4. The molecule has 0 saturated heterocycles. The Labute approximate surface area is 194 Å². The zero-order valence-electron chi connectivity index (χ0n) is 19.1. The molecule has 7 nitrogen and oxygen atoms in total. The van der Waals surface area contributed by atoms with E-state index in [4.69, 9.17) is 13.9 Å². The fraction of sp³-hybridized carbons (Fsp3) is 0.667. The molecular weight excluding hydrogens is 457 g/mol. The lowest BCUT2D eigenvalue weighted by Crippen LogP contribution is -2.60. The normalized spacial score (nSPS) is 35.8. The van der Waals surface area contributed by atoms with Gasteiger partial charge in [0.1, 0.15) is 5.78 Å². The first-order valence-corrected chi connectivity index (χ1v) is 11.3. The van der Waals surface area contributed by atoms with Crippen molar-refractivity contribution in [1.29, 1.82) is 0 Å². The van der Waals surface area contributed by atoms with Gasteiger partial charge in [0, 0.05) is 31.6 Å². The Hall–Kier alpha value is -2.65. The molecule has 3 fully saturated rings. The second kappa shape index (κ2) is 8.53. The summed E-state index contributed by atoms with van der Waals surface area (Å²) in [4.78, 5) is 51.0. The molecular formula is C24H27F3O7. The standard InChI is InChI=1S/C24H27F3O7/c1-11(28)34-18-9-16(22(31)32-3)23(2)5-4-14-15(20(23)21(18)30)6-12(7-17(14)29)13-8-19(33-10-13)24(25,26)27/h8,10,12,14-16,18,20H,4-7,9H2,1-3H3. The molecule has 0 aromatic carbocycles. The first-order chi connectivity index (χ1) is 15.9. The van der Waals surface area contributed by atoms with Crippen LogP contribution in [0.5, 0.6) is 0 Å². The number of alkyl halides is 3. The van der Waals surface area contributed by atoms with Gasteiger partial charge in [-0.05, 0) is 48.1 Å². The van der Waals surface area contributed by atoms with E-state index in [1.54, 1.807) is 0 Å². The summed E-state index contributed by atoms with van der Waals surface area (Å²) in [5.41, 5.74) is -0.562. The summed E-state index contributed by atoms with van der Waals surface area (Å²) in [6.45, 7) is 3.00. The van der Waals surface area contributed by atoms with Crippen molar-refractivity contribution >= 4 is 23.5 Å². The number of furan rings is 1. The number of fused-ring (bicyclic) bond motifs is 3. The molecule has 0 amide bonds. The maximum absolute atomic E-state index is 13.6. The van der Waals surface area contributed by atoms with Crippen molar-refractivity contribution in [3.8, 4) is 0 Å². The molecule has 7 atom stereocenters. The first-order valence-electron chi connectivity index (χ1n) is 11.3. The minimum absolute atomic E-state index is 0.00349. The van der Waals surface area contributed by atoms with E-state index in [0.29, 0.717) is 19.3 Å². The summed E-state index contributed by atoms with van der Waals surface area (Å²) in [5, 5.41) is 0. The van der Waals surface area contributed by atoms with Crippen molar-refractivity contribution in [3.63, 3.8) is 0 Å². The fourth-order valence-electron chi connectivity index (χ4n) is 6.57. The Bertz CT molecular complexity index is 1010. The summed E-state index contributed by atoms with van der Waals surface area (Å²) in [6, 6.07) is 0.905. The lowest BCUT2D eigenvalue weighted by Gasteiger charge is -2.56. The summed E-state index contributed by atoms with van der Waals surface area (Å²) in [6.07, 6.45) is -3.50. The van der Waals surface area contributed by atoms with Gasteiger partial charge in [-0.15, -0.1) is 0 Å². The van der Waals surface area contributed by atoms with Crippen LogP contribution in [0.25, 0.3) is 0 Å². The average Bonchev–Trinajstić information content (AvgIpc) is 3.25. The van der Waals surface area contributed by atoms with Crippen LogP contribution in [-0.2, 0) is 34.8 Å². The van der Waals surface area contributed by atoms with E-state index in [2.05, 4.69) is 0 Å². The number of hydrogen-bond acceptors (Lipinski definition) is 7. The molecule has 7 unspecified atom stereocenters. The van der Waals surface area contributed by atoms with Crippen LogP contribution in [0.3, 0.4) is 0 Å². The summed E-state index contributed by atoms with van der Waals surface area (Å²) < 4.78 is 54.1. The number of rotatable bonds is 3. The van der Waals surface area contributed by atoms with Crippen LogP contribution >= 0.6 is 0 Å². The van der Waals surface area contributed by atoms with Gasteiger partial charge in [0.05, 0.1) is 19.3 Å². The van der Waals surface area contributed by atoms with Gasteiger partial charge in [-0.2, -0.15) is 13.2 Å². The zero-order chi connectivity index (χ0) is 25.0. The summed E-state index contributed by atoms with van der Waals surface area (Å²) >= 11 is 0. The number of esters is 2. The molecule has 1 aromatic rings. The van der Waals surface area contributed by atoms with Gasteiger partial charge in [0.15, 0.2) is 11.9 Å². The van der Waals surface area contributed by atoms with Crippen molar-refractivity contribution in [1.82, 2.24) is 0 Å². The average molecular weight is 484 g/mol. The van der Waals surface area contributed by atoms with E-state index in [-0.39, 0.29) is 30.0 Å². The highest BCUT2D eigenvalue weighted by molar-refractivity contribution is 5.93. The Morgan fingerprint density at radius 1 is 1.21 bits per heavy atom. The molecule has 0 spiro atoms. The highest BCUT2D eigenvalue weighted by Crippen LogP contribution is 2.60. The van der Waals surface area contributed by atoms with Crippen molar-refractivity contribution in [2.24, 2.45) is 29.1 Å². The smallest absolute Gasteiger partial charge is 0.449 e. The lowest BCUT2D eigenvalue weighted by atomic mass is 9.46. The van der Waals surface area contributed by atoms with E-state index in [1.807, 2.05) is 6.92 Å². The van der Waals surface area contributed by atoms with Gasteiger partial charge in [0.2, 0.25) is 5.76 Å². The quantitative estimate of drug-likeness (QED) is 0.596. The minimum Gasteiger partial charge on any atom is -0.469 e. The third kappa shape index (κ3) is 4.05. The molecule has 0 radical (unpaired) electrons. The molecule has 10 heteroatoms. The monoisotopic (exact) mass is 484 g/mol. The van der Waals surface area contributed by atoms with Crippen molar-refractivity contribution in [2.75, 3.05) is 7.11 Å². The number of carbonyl (C=O) groups excluding carboxylic acids is 4. The van der Waals surface area contributed by atoms with Crippen LogP contribution < -0.4 is 0 Å². The van der Waals surface area contributed by atoms with Crippen molar-refractivity contribution in [3.05, 3.63) is 23.7 Å². The number of methoxy groups -OCH3 is 1. The van der Waals surface area contributed by atoms with Crippen LogP contribution in [0.1, 0.15) is 63.2 Å². The van der Waals surface area contributed by atoms with E-state index in [9.17, 15) is 32.3 Å². The Kier molecular flexibility index (Phi) is 6.14. The van der Waals surface area contributed by atoms with Gasteiger partial charge < -0.3 is 13.9 Å². The van der Waals surface area contributed by atoms with Crippen LogP contribution in [0.2, 0.25) is 0 Å². The molecule has 3 saturated carbocycles. The lowest BCUT2D eigenvalue weighted by molar-refractivity contribution is -0.183. The molecule has 1 heterocycles. The highest BCUT2D eigenvalue weighted by Gasteiger charge is 2.62. The first kappa shape index (κ1) is 24.5. The molecule has 4 rings (SSSR count). The molecule has 1 aromatic heterocycles. The largest absolute Gasteiger partial charge is 0.469 e. The maximum atomic E-state index is 13.6. The van der Waals surface area contributed by atoms with E-state index < -0.39 is 65.0 Å². The van der Waals surface area contributed by atoms with Gasteiger partial charge in [-0.1, -0.05) is 6.92 Å². The van der Waals surface area contributed by atoms with Gasteiger partial charge in [-0.25, -0.2) is 0 Å². The Balaban J connectivity index is 1.71. The molecule has 0 N–H and O–H groups in total. The SMILES string of the molecule is COC(=O)C1CC(OC(C)=O)C(=O)C2C3CC(c4coc(C(F)(F)F)c4)CC(=O)C3CCC12C. The zero-order valence-corrected chi connectivity index (χ0v) is 19.1. The second-order valence-corrected chi connectivity index (χ2v) is 9.95. The predicted octanol–water partition coefficient (Wildman–Crippen LogP) is 4.09. The van der Waals surface area contributed by atoms with E-state index in [1.165, 1.54) is 14.0 Å². The molecule has 3 aliphatic rings. The molecule has 34 heavy (non-hydrogen) atoms. The van der Waals surface area contributed by atoms with Gasteiger partial charge in [0.25, 0.3) is 0 Å². The number of Topliss-reactive ketones (excluding diaryl/α,β-unsaturated/α-hetero) is 2. The van der Waals surface area contributed by atoms with Crippen molar-refractivity contribution in [2.45, 2.75) is 64.1 Å². The second-order valence-electron chi connectivity index (χ2n) is 9.95. The summed E-state index contributed by atoms with van der Waals surface area (Å²) in [5.74, 6) is -5.74. The molecule has 186 valence electrons. The topological polar surface area (TPSA) is 99.9 Å². The van der Waals surface area contributed by atoms with Crippen LogP contribution in [-0.4, -0.2) is 36.7 Å². The van der Waals surface area contributed by atoms with Crippen LogP contribution in [0.15, 0.2) is 16.7 Å². The van der Waals surface area contributed by atoms with E-state index >= 15 is 0 Å².